The normalized spacial score (nSPS) is 12.3. The summed E-state index contributed by atoms with van der Waals surface area (Å²) in [5.74, 6) is 2.02. The average Bonchev–Trinajstić information content (AvgIpc) is 2.85. The third-order valence-corrected chi connectivity index (χ3v) is 3.49. The molecule has 0 radical (unpaired) electrons. The van der Waals surface area contributed by atoms with E-state index in [2.05, 4.69) is 33.9 Å². The molecular formula is C16H23N3O. The lowest BCUT2D eigenvalue weighted by atomic mass is 10.1. The number of nitrogens with one attached hydrogen (secondary N) is 1. The molecular weight excluding hydrogens is 250 g/mol. The minimum atomic E-state index is 0.412. The fourth-order valence-electron chi connectivity index (χ4n) is 2.35. The Balaban J connectivity index is 1.80. The third-order valence-electron chi connectivity index (χ3n) is 3.49. The zero-order valence-electron chi connectivity index (χ0n) is 12.5. The van der Waals surface area contributed by atoms with Crippen LogP contribution in [0.4, 0.5) is 0 Å². The van der Waals surface area contributed by atoms with Gasteiger partial charge in [0.15, 0.2) is 0 Å². The van der Waals surface area contributed by atoms with E-state index in [-0.39, 0.29) is 0 Å². The first kappa shape index (κ1) is 14.6. The predicted octanol–water partition coefficient (Wildman–Crippen LogP) is 2.42. The number of methoxy groups -OCH3 is 1. The number of benzene rings is 1. The van der Waals surface area contributed by atoms with Crippen molar-refractivity contribution in [2.75, 3.05) is 13.7 Å². The van der Waals surface area contributed by atoms with E-state index in [0.29, 0.717) is 6.04 Å². The van der Waals surface area contributed by atoms with Crippen LogP contribution >= 0.6 is 0 Å². The maximum absolute atomic E-state index is 5.39. The van der Waals surface area contributed by atoms with Gasteiger partial charge in [-0.1, -0.05) is 18.2 Å². The van der Waals surface area contributed by atoms with Gasteiger partial charge in [0.25, 0.3) is 0 Å². The van der Waals surface area contributed by atoms with Crippen LogP contribution in [0.2, 0.25) is 0 Å². The molecule has 1 heterocycles. The Hall–Kier alpha value is -1.81. The van der Waals surface area contributed by atoms with Crippen LogP contribution in [0.15, 0.2) is 36.7 Å². The Labute approximate surface area is 120 Å². The molecule has 108 valence electrons. The van der Waals surface area contributed by atoms with Crippen LogP contribution in [0.1, 0.15) is 18.3 Å². The second kappa shape index (κ2) is 7.10. The van der Waals surface area contributed by atoms with Crippen LogP contribution in [-0.2, 0) is 13.0 Å². The van der Waals surface area contributed by atoms with Crippen LogP contribution in [-0.4, -0.2) is 29.2 Å². The fraction of sp³-hybridized carbons (Fsp3) is 0.438. The minimum Gasteiger partial charge on any atom is -0.496 e. The molecule has 20 heavy (non-hydrogen) atoms. The highest BCUT2D eigenvalue weighted by Crippen LogP contribution is 2.18. The summed E-state index contributed by atoms with van der Waals surface area (Å²) in [4.78, 5) is 4.22. The second-order valence-corrected chi connectivity index (χ2v) is 5.04. The molecule has 1 aromatic carbocycles. The summed E-state index contributed by atoms with van der Waals surface area (Å²) in [5.41, 5.74) is 1.24. The average molecular weight is 273 g/mol. The Bertz CT molecular complexity index is 536. The molecule has 0 saturated heterocycles. The standard InChI is InChI=1S/C16H23N3O/c1-13(12-15-6-4-5-7-16(15)20-3)17-8-10-19-11-9-18-14(19)2/h4-7,9,11,13,17H,8,10,12H2,1-3H3. The molecule has 1 aromatic heterocycles. The summed E-state index contributed by atoms with van der Waals surface area (Å²) in [6, 6.07) is 8.60. The van der Waals surface area contributed by atoms with Crippen molar-refractivity contribution < 1.29 is 4.74 Å². The molecule has 0 bridgehead atoms. The molecule has 4 nitrogen and oxygen atoms in total. The number of rotatable bonds is 7. The zero-order valence-corrected chi connectivity index (χ0v) is 12.5. The monoisotopic (exact) mass is 273 g/mol. The van der Waals surface area contributed by atoms with E-state index in [1.165, 1.54) is 5.56 Å². The molecule has 0 aliphatic heterocycles. The van der Waals surface area contributed by atoms with Gasteiger partial charge in [0.2, 0.25) is 0 Å². The lowest BCUT2D eigenvalue weighted by Gasteiger charge is -2.16. The van der Waals surface area contributed by atoms with Gasteiger partial charge in [-0.05, 0) is 31.9 Å². The highest BCUT2D eigenvalue weighted by molar-refractivity contribution is 5.33. The van der Waals surface area contributed by atoms with Gasteiger partial charge in [-0.3, -0.25) is 0 Å². The van der Waals surface area contributed by atoms with Crippen molar-refractivity contribution in [3.05, 3.63) is 48.0 Å². The summed E-state index contributed by atoms with van der Waals surface area (Å²) < 4.78 is 7.54. The maximum atomic E-state index is 5.39. The molecule has 0 aliphatic carbocycles. The van der Waals surface area contributed by atoms with E-state index in [0.717, 1.165) is 31.1 Å². The fourth-order valence-corrected chi connectivity index (χ4v) is 2.35. The SMILES string of the molecule is COc1ccccc1CC(C)NCCn1ccnc1C. The smallest absolute Gasteiger partial charge is 0.122 e. The number of ether oxygens (including phenoxy) is 1. The van der Waals surface area contributed by atoms with Gasteiger partial charge in [-0.15, -0.1) is 0 Å². The number of aromatic nitrogens is 2. The van der Waals surface area contributed by atoms with Gasteiger partial charge in [-0.2, -0.15) is 0 Å². The molecule has 4 heteroatoms. The van der Waals surface area contributed by atoms with Crippen molar-refractivity contribution in [1.29, 1.82) is 0 Å². The molecule has 0 fully saturated rings. The first-order valence-corrected chi connectivity index (χ1v) is 7.03. The zero-order chi connectivity index (χ0) is 14.4. The predicted molar refractivity (Wildman–Crippen MR) is 81.1 cm³/mol. The van der Waals surface area contributed by atoms with Gasteiger partial charge >= 0.3 is 0 Å². The van der Waals surface area contributed by atoms with Crippen LogP contribution in [0, 0.1) is 6.92 Å². The summed E-state index contributed by atoms with van der Waals surface area (Å²) in [7, 11) is 1.72. The van der Waals surface area contributed by atoms with Crippen molar-refractivity contribution in [3.8, 4) is 5.75 Å². The first-order valence-electron chi connectivity index (χ1n) is 7.03. The lowest BCUT2D eigenvalue weighted by molar-refractivity contribution is 0.405. The van der Waals surface area contributed by atoms with Crippen molar-refractivity contribution in [3.63, 3.8) is 0 Å². The highest BCUT2D eigenvalue weighted by Gasteiger charge is 2.07. The van der Waals surface area contributed by atoms with Crippen molar-refractivity contribution in [2.24, 2.45) is 0 Å². The van der Waals surface area contributed by atoms with E-state index >= 15 is 0 Å². The minimum absolute atomic E-state index is 0.412. The molecule has 2 rings (SSSR count). The van der Waals surface area contributed by atoms with Gasteiger partial charge < -0.3 is 14.6 Å². The Morgan fingerprint density at radius 2 is 2.15 bits per heavy atom. The number of aryl methyl sites for hydroxylation is 1. The van der Waals surface area contributed by atoms with E-state index in [1.807, 2.05) is 31.5 Å². The first-order chi connectivity index (χ1) is 9.70. The van der Waals surface area contributed by atoms with Crippen LogP contribution in [0.3, 0.4) is 0 Å². The van der Waals surface area contributed by atoms with E-state index < -0.39 is 0 Å². The number of hydrogen-bond acceptors (Lipinski definition) is 3. The van der Waals surface area contributed by atoms with Crippen LogP contribution < -0.4 is 10.1 Å². The largest absolute Gasteiger partial charge is 0.496 e. The Kier molecular flexibility index (Phi) is 5.18. The molecule has 0 aliphatic rings. The number of nitrogens with zero attached hydrogens (tertiary/aromatic N) is 2. The van der Waals surface area contributed by atoms with E-state index in [1.54, 1.807) is 7.11 Å². The van der Waals surface area contributed by atoms with Gasteiger partial charge in [-0.25, -0.2) is 4.98 Å². The number of para-hydroxylation sites is 1. The van der Waals surface area contributed by atoms with Crippen LogP contribution in [0.5, 0.6) is 5.75 Å². The summed E-state index contributed by atoms with van der Waals surface area (Å²) >= 11 is 0. The third kappa shape index (κ3) is 3.84. The highest BCUT2D eigenvalue weighted by atomic mass is 16.5. The number of hydrogen-bond donors (Lipinski definition) is 1. The van der Waals surface area contributed by atoms with Gasteiger partial charge in [0, 0.05) is 31.5 Å². The van der Waals surface area contributed by atoms with Crippen molar-refractivity contribution >= 4 is 0 Å². The molecule has 1 atom stereocenters. The van der Waals surface area contributed by atoms with E-state index in [9.17, 15) is 0 Å². The van der Waals surface area contributed by atoms with Crippen molar-refractivity contribution in [2.45, 2.75) is 32.9 Å². The molecule has 0 spiro atoms. The summed E-state index contributed by atoms with van der Waals surface area (Å²) in [5, 5.41) is 3.54. The quantitative estimate of drug-likeness (QED) is 0.842. The molecule has 2 aromatic rings. The Morgan fingerprint density at radius 3 is 2.85 bits per heavy atom. The maximum Gasteiger partial charge on any atom is 0.122 e. The lowest BCUT2D eigenvalue weighted by Crippen LogP contribution is -2.31. The van der Waals surface area contributed by atoms with Crippen molar-refractivity contribution in [1.82, 2.24) is 14.9 Å². The molecule has 1 unspecified atom stereocenters. The van der Waals surface area contributed by atoms with E-state index in [4.69, 9.17) is 4.74 Å². The summed E-state index contributed by atoms with van der Waals surface area (Å²) in [6.07, 6.45) is 4.82. The second-order valence-electron chi connectivity index (χ2n) is 5.04. The Morgan fingerprint density at radius 1 is 1.35 bits per heavy atom. The van der Waals surface area contributed by atoms with Crippen LogP contribution in [0.25, 0.3) is 0 Å². The molecule has 0 amide bonds. The van der Waals surface area contributed by atoms with Gasteiger partial charge in [0.05, 0.1) is 7.11 Å². The number of imidazole rings is 1. The molecule has 0 saturated carbocycles. The summed E-state index contributed by atoms with van der Waals surface area (Å²) in [6.45, 7) is 6.11. The van der Waals surface area contributed by atoms with Gasteiger partial charge in [0.1, 0.15) is 11.6 Å². The molecule has 1 N–H and O–H groups in total. The topological polar surface area (TPSA) is 39.1 Å².